The molecule has 0 bridgehead atoms. The Bertz CT molecular complexity index is 293. The molecule has 2 heterocycles. The Hall–Kier alpha value is -0.0600. The minimum Gasteiger partial charge on any atom is -0.308 e. The van der Waals surface area contributed by atoms with E-state index in [0.29, 0.717) is 6.04 Å². The van der Waals surface area contributed by atoms with Crippen molar-refractivity contribution in [2.45, 2.75) is 38.8 Å². The van der Waals surface area contributed by atoms with E-state index in [1.54, 1.807) is 11.3 Å². The summed E-state index contributed by atoms with van der Waals surface area (Å²) in [6.45, 7) is 3.11. The van der Waals surface area contributed by atoms with Gasteiger partial charge in [-0.15, -0.1) is 11.3 Å². The molecule has 1 saturated heterocycles. The van der Waals surface area contributed by atoms with Crippen LogP contribution in [0.3, 0.4) is 0 Å². The highest BCUT2D eigenvalue weighted by molar-refractivity contribution is 7.99. The van der Waals surface area contributed by atoms with Crippen LogP contribution in [0.25, 0.3) is 0 Å². The molecule has 0 spiro atoms. The van der Waals surface area contributed by atoms with Crippen LogP contribution in [0.4, 0.5) is 0 Å². The van der Waals surface area contributed by atoms with Crippen LogP contribution in [0.1, 0.15) is 30.5 Å². The standard InChI is InChI=1S/C11H18N2S2/c1-2-11-13-10(8-15-11)6-12-9-4-3-5-14-7-9/h8-9,12H,2-7H2,1H3/t9-/m0/s1. The van der Waals surface area contributed by atoms with Crippen LogP contribution < -0.4 is 5.32 Å². The maximum atomic E-state index is 4.56. The summed E-state index contributed by atoms with van der Waals surface area (Å²) in [5.74, 6) is 2.61. The van der Waals surface area contributed by atoms with Crippen molar-refractivity contribution < 1.29 is 0 Å². The van der Waals surface area contributed by atoms with Gasteiger partial charge >= 0.3 is 0 Å². The van der Waals surface area contributed by atoms with Crippen LogP contribution in [0.15, 0.2) is 5.38 Å². The van der Waals surface area contributed by atoms with E-state index in [9.17, 15) is 0 Å². The Balaban J connectivity index is 1.76. The Labute approximate surface area is 99.9 Å². The van der Waals surface area contributed by atoms with Crippen molar-refractivity contribution in [3.63, 3.8) is 0 Å². The Kier molecular flexibility index (Phi) is 4.47. The highest BCUT2D eigenvalue weighted by atomic mass is 32.2. The highest BCUT2D eigenvalue weighted by Gasteiger charge is 2.13. The molecule has 0 unspecified atom stereocenters. The second-order valence-corrected chi connectivity index (χ2v) is 5.97. The summed E-state index contributed by atoms with van der Waals surface area (Å²) in [5.41, 5.74) is 1.22. The SMILES string of the molecule is CCc1nc(CN[C@H]2CCCSC2)cs1. The van der Waals surface area contributed by atoms with E-state index in [0.717, 1.165) is 13.0 Å². The zero-order valence-electron chi connectivity index (χ0n) is 9.16. The van der Waals surface area contributed by atoms with E-state index in [-0.39, 0.29) is 0 Å². The van der Waals surface area contributed by atoms with Gasteiger partial charge in [0.1, 0.15) is 0 Å². The van der Waals surface area contributed by atoms with Gasteiger partial charge in [0.25, 0.3) is 0 Å². The first-order valence-corrected chi connectivity index (χ1v) is 7.66. The van der Waals surface area contributed by atoms with Gasteiger partial charge in [0.2, 0.25) is 0 Å². The number of hydrogen-bond donors (Lipinski definition) is 1. The van der Waals surface area contributed by atoms with Gasteiger partial charge in [0, 0.05) is 23.7 Å². The van der Waals surface area contributed by atoms with Gasteiger partial charge in [0.15, 0.2) is 0 Å². The molecular formula is C11H18N2S2. The smallest absolute Gasteiger partial charge is 0.0926 e. The van der Waals surface area contributed by atoms with Gasteiger partial charge in [-0.05, 0) is 25.0 Å². The third-order valence-corrected chi connectivity index (χ3v) is 4.89. The summed E-state index contributed by atoms with van der Waals surface area (Å²) < 4.78 is 0. The number of thioether (sulfide) groups is 1. The van der Waals surface area contributed by atoms with Gasteiger partial charge in [-0.2, -0.15) is 11.8 Å². The molecule has 1 aliphatic rings. The molecule has 1 N–H and O–H groups in total. The average molecular weight is 242 g/mol. The number of nitrogens with one attached hydrogen (secondary N) is 1. The fourth-order valence-electron chi connectivity index (χ4n) is 1.74. The first-order valence-electron chi connectivity index (χ1n) is 5.63. The molecule has 0 aliphatic carbocycles. The van der Waals surface area contributed by atoms with Crippen LogP contribution >= 0.6 is 23.1 Å². The van der Waals surface area contributed by atoms with E-state index in [1.165, 1.54) is 35.0 Å². The van der Waals surface area contributed by atoms with Crippen molar-refractivity contribution >= 4 is 23.1 Å². The fourth-order valence-corrected chi connectivity index (χ4v) is 3.59. The van der Waals surface area contributed by atoms with Crippen molar-refractivity contribution in [2.75, 3.05) is 11.5 Å². The van der Waals surface area contributed by atoms with Crippen LogP contribution in [0.2, 0.25) is 0 Å². The minimum atomic E-state index is 0.704. The summed E-state index contributed by atoms with van der Waals surface area (Å²) in [5, 5.41) is 7.04. The average Bonchev–Trinajstić information content (AvgIpc) is 2.76. The van der Waals surface area contributed by atoms with Crippen LogP contribution in [-0.2, 0) is 13.0 Å². The van der Waals surface area contributed by atoms with Crippen LogP contribution in [-0.4, -0.2) is 22.5 Å². The summed E-state index contributed by atoms with van der Waals surface area (Å²) in [6.07, 6.45) is 3.75. The fraction of sp³-hybridized carbons (Fsp3) is 0.727. The Morgan fingerprint density at radius 2 is 2.53 bits per heavy atom. The molecule has 0 saturated carbocycles. The molecular weight excluding hydrogens is 224 g/mol. The topological polar surface area (TPSA) is 24.9 Å². The van der Waals surface area contributed by atoms with Gasteiger partial charge in [-0.3, -0.25) is 0 Å². The number of hydrogen-bond acceptors (Lipinski definition) is 4. The minimum absolute atomic E-state index is 0.704. The third kappa shape index (κ3) is 3.47. The maximum Gasteiger partial charge on any atom is 0.0926 e. The number of nitrogens with zero attached hydrogens (tertiary/aromatic N) is 1. The van der Waals surface area contributed by atoms with Gasteiger partial charge in [-0.25, -0.2) is 4.98 Å². The van der Waals surface area contributed by atoms with E-state index in [2.05, 4.69) is 34.4 Å². The monoisotopic (exact) mass is 242 g/mol. The van der Waals surface area contributed by atoms with Gasteiger partial charge < -0.3 is 5.32 Å². The molecule has 84 valence electrons. The lowest BCUT2D eigenvalue weighted by Crippen LogP contribution is -2.33. The van der Waals surface area contributed by atoms with E-state index in [4.69, 9.17) is 0 Å². The van der Waals surface area contributed by atoms with E-state index < -0.39 is 0 Å². The molecule has 0 aromatic carbocycles. The quantitative estimate of drug-likeness (QED) is 0.879. The molecule has 0 amide bonds. The Morgan fingerprint density at radius 3 is 3.20 bits per heavy atom. The highest BCUT2D eigenvalue weighted by Crippen LogP contribution is 2.17. The molecule has 1 aliphatic heterocycles. The van der Waals surface area contributed by atoms with E-state index in [1.807, 2.05) is 0 Å². The summed E-state index contributed by atoms with van der Waals surface area (Å²) in [4.78, 5) is 4.56. The maximum absolute atomic E-state index is 4.56. The first kappa shape index (κ1) is 11.4. The molecule has 4 heteroatoms. The molecule has 15 heavy (non-hydrogen) atoms. The summed E-state index contributed by atoms with van der Waals surface area (Å²) in [6, 6.07) is 0.704. The van der Waals surface area contributed by atoms with Crippen LogP contribution in [0, 0.1) is 0 Å². The van der Waals surface area contributed by atoms with Gasteiger partial charge in [-0.1, -0.05) is 6.92 Å². The van der Waals surface area contributed by atoms with E-state index >= 15 is 0 Å². The predicted molar refractivity (Wildman–Crippen MR) is 68.7 cm³/mol. The molecule has 0 radical (unpaired) electrons. The Morgan fingerprint density at radius 1 is 1.60 bits per heavy atom. The largest absolute Gasteiger partial charge is 0.308 e. The van der Waals surface area contributed by atoms with Crippen molar-refractivity contribution in [2.24, 2.45) is 0 Å². The molecule has 2 rings (SSSR count). The van der Waals surface area contributed by atoms with Crippen molar-refractivity contribution in [3.05, 3.63) is 16.1 Å². The zero-order chi connectivity index (χ0) is 10.5. The second kappa shape index (κ2) is 5.87. The zero-order valence-corrected chi connectivity index (χ0v) is 10.8. The molecule has 2 nitrogen and oxygen atoms in total. The number of aryl methyl sites for hydroxylation is 1. The first-order chi connectivity index (χ1) is 7.38. The lowest BCUT2D eigenvalue weighted by Gasteiger charge is -2.21. The van der Waals surface area contributed by atoms with Crippen LogP contribution in [0.5, 0.6) is 0 Å². The van der Waals surface area contributed by atoms with Crippen molar-refractivity contribution in [1.82, 2.24) is 10.3 Å². The normalized spacial score (nSPS) is 21.8. The van der Waals surface area contributed by atoms with Crippen molar-refractivity contribution in [3.8, 4) is 0 Å². The third-order valence-electron chi connectivity index (χ3n) is 2.63. The molecule has 1 aromatic heterocycles. The predicted octanol–water partition coefficient (Wildman–Crippen LogP) is 2.69. The lowest BCUT2D eigenvalue weighted by molar-refractivity contribution is 0.504. The van der Waals surface area contributed by atoms with Crippen molar-refractivity contribution in [1.29, 1.82) is 0 Å². The number of rotatable bonds is 4. The second-order valence-electron chi connectivity index (χ2n) is 3.88. The number of aromatic nitrogens is 1. The molecule has 1 atom stereocenters. The lowest BCUT2D eigenvalue weighted by atomic mass is 10.2. The molecule has 1 fully saturated rings. The number of thiazole rings is 1. The summed E-state index contributed by atoms with van der Waals surface area (Å²) >= 11 is 3.85. The van der Waals surface area contributed by atoms with Gasteiger partial charge in [0.05, 0.1) is 10.7 Å². The summed E-state index contributed by atoms with van der Waals surface area (Å²) in [7, 11) is 0. The molecule has 1 aromatic rings.